The minimum atomic E-state index is -1.16. The summed E-state index contributed by atoms with van der Waals surface area (Å²) in [5.41, 5.74) is 0.769. The Morgan fingerprint density at radius 2 is 2.00 bits per heavy atom. The predicted octanol–water partition coefficient (Wildman–Crippen LogP) is 1.82. The maximum atomic E-state index is 12.2. The fraction of sp³-hybridized carbons (Fsp3) is 0.231. The van der Waals surface area contributed by atoms with Gasteiger partial charge in [-0.1, -0.05) is 6.07 Å². The molecule has 0 saturated carbocycles. The van der Waals surface area contributed by atoms with Crippen LogP contribution in [0.3, 0.4) is 0 Å². The third kappa shape index (κ3) is 3.18. The number of hydrogen-bond donors (Lipinski definition) is 1. The van der Waals surface area contributed by atoms with E-state index in [-0.39, 0.29) is 17.3 Å². The number of amides is 1. The summed E-state index contributed by atoms with van der Waals surface area (Å²) >= 11 is 1.52. The van der Waals surface area contributed by atoms with Gasteiger partial charge in [0.1, 0.15) is 11.4 Å². The van der Waals surface area contributed by atoms with Crippen LogP contribution >= 0.6 is 11.3 Å². The summed E-state index contributed by atoms with van der Waals surface area (Å²) in [6.45, 7) is 2.26. The molecule has 0 aromatic carbocycles. The van der Waals surface area contributed by atoms with Crippen molar-refractivity contribution in [3.63, 3.8) is 0 Å². The number of carboxylic acids is 1. The molecule has 2 rings (SSSR count). The van der Waals surface area contributed by atoms with Gasteiger partial charge in [-0.25, -0.2) is 14.8 Å². The van der Waals surface area contributed by atoms with Crippen molar-refractivity contribution in [1.29, 1.82) is 0 Å². The Labute approximate surface area is 119 Å². The summed E-state index contributed by atoms with van der Waals surface area (Å²) < 4.78 is 0. The van der Waals surface area contributed by atoms with Crippen LogP contribution < -0.4 is 0 Å². The number of rotatable bonds is 4. The standard InChI is InChI=1S/C13H13N3O3S/c1-8-14-9(7-20-8)6-16(2)12(17)10-4-3-5-11(15-10)13(18)19/h3-5,7H,6H2,1-2H3,(H,18,19). The number of aryl methyl sites for hydroxylation is 1. The van der Waals surface area contributed by atoms with Gasteiger partial charge >= 0.3 is 5.97 Å². The molecular weight excluding hydrogens is 278 g/mol. The molecule has 0 spiro atoms. The van der Waals surface area contributed by atoms with E-state index in [1.54, 1.807) is 7.05 Å². The molecule has 0 unspecified atom stereocenters. The molecule has 7 heteroatoms. The summed E-state index contributed by atoms with van der Waals surface area (Å²) in [5.74, 6) is -1.49. The van der Waals surface area contributed by atoms with Crippen LogP contribution in [0.5, 0.6) is 0 Å². The largest absolute Gasteiger partial charge is 0.477 e. The maximum Gasteiger partial charge on any atom is 0.354 e. The Hall–Kier alpha value is -2.28. The van der Waals surface area contributed by atoms with E-state index in [2.05, 4.69) is 9.97 Å². The first-order valence-electron chi connectivity index (χ1n) is 5.84. The first-order chi connectivity index (χ1) is 9.47. The van der Waals surface area contributed by atoms with Gasteiger partial charge < -0.3 is 10.0 Å². The molecule has 2 aromatic heterocycles. The lowest BCUT2D eigenvalue weighted by atomic mass is 10.2. The zero-order valence-electron chi connectivity index (χ0n) is 11.0. The third-order valence-electron chi connectivity index (χ3n) is 2.60. The van der Waals surface area contributed by atoms with Crippen molar-refractivity contribution in [3.05, 3.63) is 45.7 Å². The topological polar surface area (TPSA) is 83.4 Å². The number of aromatic carboxylic acids is 1. The molecule has 2 heterocycles. The number of thiazole rings is 1. The van der Waals surface area contributed by atoms with Crippen molar-refractivity contribution in [3.8, 4) is 0 Å². The quantitative estimate of drug-likeness (QED) is 0.929. The van der Waals surface area contributed by atoms with E-state index in [0.29, 0.717) is 6.54 Å². The molecule has 0 aliphatic rings. The van der Waals surface area contributed by atoms with Crippen LogP contribution in [0.25, 0.3) is 0 Å². The number of carboxylic acid groups (broad SMARTS) is 1. The van der Waals surface area contributed by atoms with Crippen LogP contribution in [0.15, 0.2) is 23.6 Å². The lowest BCUT2D eigenvalue weighted by molar-refractivity contribution is 0.0690. The Bertz CT molecular complexity index is 654. The Morgan fingerprint density at radius 3 is 2.60 bits per heavy atom. The molecule has 0 atom stereocenters. The summed E-state index contributed by atoms with van der Waals surface area (Å²) in [7, 11) is 1.63. The molecule has 0 aliphatic heterocycles. The number of hydrogen-bond acceptors (Lipinski definition) is 5. The van der Waals surface area contributed by atoms with E-state index in [9.17, 15) is 9.59 Å². The molecule has 104 valence electrons. The first kappa shape index (κ1) is 14.1. The van der Waals surface area contributed by atoms with Crippen molar-refractivity contribution in [2.45, 2.75) is 13.5 Å². The SMILES string of the molecule is Cc1nc(CN(C)C(=O)c2cccc(C(=O)O)n2)cs1. The third-order valence-corrected chi connectivity index (χ3v) is 3.42. The van der Waals surface area contributed by atoms with Gasteiger partial charge in [0.2, 0.25) is 0 Å². The predicted molar refractivity (Wildman–Crippen MR) is 73.8 cm³/mol. The molecule has 1 amide bonds. The highest BCUT2D eigenvalue weighted by Crippen LogP contribution is 2.11. The average molecular weight is 291 g/mol. The summed E-state index contributed by atoms with van der Waals surface area (Å²) in [6, 6.07) is 4.35. The zero-order valence-corrected chi connectivity index (χ0v) is 11.8. The van der Waals surface area contributed by atoms with E-state index in [4.69, 9.17) is 5.11 Å². The Morgan fingerprint density at radius 1 is 1.30 bits per heavy atom. The van der Waals surface area contributed by atoms with Gasteiger partial charge in [-0.05, 0) is 19.1 Å². The second kappa shape index (κ2) is 5.79. The van der Waals surface area contributed by atoms with Gasteiger partial charge in [0.25, 0.3) is 5.91 Å². The highest BCUT2D eigenvalue weighted by Gasteiger charge is 2.16. The molecule has 0 saturated heterocycles. The van der Waals surface area contributed by atoms with Gasteiger partial charge in [-0.3, -0.25) is 4.79 Å². The van der Waals surface area contributed by atoms with E-state index in [1.807, 2.05) is 12.3 Å². The minimum absolute atomic E-state index is 0.111. The Balaban J connectivity index is 2.14. The molecule has 0 fully saturated rings. The van der Waals surface area contributed by atoms with Crippen LogP contribution in [0.2, 0.25) is 0 Å². The van der Waals surface area contributed by atoms with Crippen LogP contribution in [-0.2, 0) is 6.54 Å². The van der Waals surface area contributed by atoms with Gasteiger partial charge in [0.05, 0.1) is 17.2 Å². The van der Waals surface area contributed by atoms with Crippen LogP contribution in [0.4, 0.5) is 0 Å². The first-order valence-corrected chi connectivity index (χ1v) is 6.72. The second-order valence-corrected chi connectivity index (χ2v) is 5.29. The molecular formula is C13H13N3O3S. The summed E-state index contributed by atoms with van der Waals surface area (Å²) in [5, 5.41) is 11.7. The van der Waals surface area contributed by atoms with Crippen LogP contribution in [-0.4, -0.2) is 38.9 Å². The van der Waals surface area contributed by atoms with E-state index in [0.717, 1.165) is 10.7 Å². The summed E-state index contributed by atoms with van der Waals surface area (Å²) in [4.78, 5) is 32.6. The normalized spacial score (nSPS) is 10.3. The molecule has 0 bridgehead atoms. The smallest absolute Gasteiger partial charge is 0.354 e. The monoisotopic (exact) mass is 291 g/mol. The fourth-order valence-electron chi connectivity index (χ4n) is 1.66. The van der Waals surface area contributed by atoms with Crippen LogP contribution in [0, 0.1) is 6.92 Å². The lowest BCUT2D eigenvalue weighted by Crippen LogP contribution is -2.27. The Kier molecular flexibility index (Phi) is 4.09. The molecule has 0 radical (unpaired) electrons. The second-order valence-electron chi connectivity index (χ2n) is 4.23. The van der Waals surface area contributed by atoms with Gasteiger partial charge in [0.15, 0.2) is 0 Å². The minimum Gasteiger partial charge on any atom is -0.477 e. The van der Waals surface area contributed by atoms with Crippen molar-refractivity contribution >= 4 is 23.2 Å². The van der Waals surface area contributed by atoms with Crippen molar-refractivity contribution in [1.82, 2.24) is 14.9 Å². The molecule has 1 N–H and O–H groups in total. The molecule has 2 aromatic rings. The number of nitrogens with zero attached hydrogens (tertiary/aromatic N) is 3. The highest BCUT2D eigenvalue weighted by atomic mass is 32.1. The van der Waals surface area contributed by atoms with Crippen LogP contribution in [0.1, 0.15) is 31.7 Å². The maximum absolute atomic E-state index is 12.2. The number of aromatic nitrogens is 2. The van der Waals surface area contributed by atoms with Crippen molar-refractivity contribution in [2.24, 2.45) is 0 Å². The fourth-order valence-corrected chi connectivity index (χ4v) is 2.27. The molecule has 20 heavy (non-hydrogen) atoms. The highest BCUT2D eigenvalue weighted by molar-refractivity contribution is 7.09. The number of carbonyl (C=O) groups is 2. The average Bonchev–Trinajstić information content (AvgIpc) is 2.83. The van der Waals surface area contributed by atoms with E-state index >= 15 is 0 Å². The molecule has 0 aliphatic carbocycles. The van der Waals surface area contributed by atoms with E-state index in [1.165, 1.54) is 34.4 Å². The molecule has 6 nitrogen and oxygen atoms in total. The summed E-state index contributed by atoms with van der Waals surface area (Å²) in [6.07, 6.45) is 0. The van der Waals surface area contributed by atoms with E-state index < -0.39 is 5.97 Å². The number of pyridine rings is 1. The van der Waals surface area contributed by atoms with Gasteiger partial charge in [0, 0.05) is 12.4 Å². The van der Waals surface area contributed by atoms with Crippen molar-refractivity contribution < 1.29 is 14.7 Å². The van der Waals surface area contributed by atoms with Gasteiger partial charge in [-0.15, -0.1) is 11.3 Å². The van der Waals surface area contributed by atoms with Gasteiger partial charge in [-0.2, -0.15) is 0 Å². The lowest BCUT2D eigenvalue weighted by Gasteiger charge is -2.15. The number of carbonyl (C=O) groups excluding carboxylic acids is 1. The van der Waals surface area contributed by atoms with Crippen molar-refractivity contribution in [2.75, 3.05) is 7.05 Å². The zero-order chi connectivity index (χ0) is 14.7.